The van der Waals surface area contributed by atoms with E-state index in [9.17, 15) is 0 Å². The molecule has 0 spiro atoms. The molecule has 0 heterocycles. The molecule has 0 saturated carbocycles. The van der Waals surface area contributed by atoms with Gasteiger partial charge in [-0.05, 0) is 48.0 Å². The van der Waals surface area contributed by atoms with Crippen molar-refractivity contribution in [1.82, 2.24) is 0 Å². The summed E-state index contributed by atoms with van der Waals surface area (Å²) in [5.74, 6) is 0.451. The number of anilines is 2. The molecule has 0 unspecified atom stereocenters. The fraction of sp³-hybridized carbons (Fsp3) is 0.188. The third-order valence-corrected chi connectivity index (χ3v) is 3.61. The molecular formula is C16H17BrN2S. The number of para-hydroxylation sites is 1. The Hall–Kier alpha value is -1.39. The summed E-state index contributed by atoms with van der Waals surface area (Å²) in [6.45, 7) is 4.34. The quantitative estimate of drug-likeness (QED) is 0.728. The number of hydrogen-bond acceptors (Lipinski definition) is 1. The molecule has 2 aromatic carbocycles. The summed E-state index contributed by atoms with van der Waals surface area (Å²) < 4.78 is 1.02. The maximum Gasteiger partial charge on any atom is 0.175 e. The topological polar surface area (TPSA) is 24.1 Å². The number of thiocarbonyl (C=S) groups is 1. The van der Waals surface area contributed by atoms with Crippen molar-refractivity contribution in [2.24, 2.45) is 0 Å². The Balaban J connectivity index is 2.09. The van der Waals surface area contributed by atoms with Gasteiger partial charge in [0.25, 0.3) is 0 Å². The standard InChI is InChI=1S/C16H17BrN2S/c1-11(2)14-8-3-4-9-15(14)19-16(20)18-13-7-5-6-12(17)10-13/h3-11H,1-2H3,(H2,18,19,20). The van der Waals surface area contributed by atoms with E-state index in [1.165, 1.54) is 5.56 Å². The van der Waals surface area contributed by atoms with Gasteiger partial charge in [0, 0.05) is 15.8 Å². The number of halogens is 1. The lowest BCUT2D eigenvalue weighted by Crippen LogP contribution is -2.20. The first-order chi connectivity index (χ1) is 9.56. The second-order valence-electron chi connectivity index (χ2n) is 4.83. The van der Waals surface area contributed by atoms with Crippen molar-refractivity contribution in [3.63, 3.8) is 0 Å². The molecule has 0 aliphatic carbocycles. The maximum absolute atomic E-state index is 5.37. The highest BCUT2D eigenvalue weighted by Gasteiger charge is 2.07. The van der Waals surface area contributed by atoms with Crippen molar-refractivity contribution in [3.05, 3.63) is 58.6 Å². The third kappa shape index (κ3) is 4.05. The molecule has 0 aromatic heterocycles. The highest BCUT2D eigenvalue weighted by Crippen LogP contribution is 2.24. The molecule has 2 N–H and O–H groups in total. The van der Waals surface area contributed by atoms with Gasteiger partial charge in [-0.2, -0.15) is 0 Å². The van der Waals surface area contributed by atoms with E-state index in [0.29, 0.717) is 11.0 Å². The summed E-state index contributed by atoms with van der Waals surface area (Å²) in [5, 5.41) is 7.05. The predicted molar refractivity (Wildman–Crippen MR) is 94.5 cm³/mol. The van der Waals surface area contributed by atoms with Gasteiger partial charge >= 0.3 is 0 Å². The van der Waals surface area contributed by atoms with E-state index in [0.717, 1.165) is 15.8 Å². The van der Waals surface area contributed by atoms with E-state index in [1.807, 2.05) is 42.5 Å². The molecule has 0 aliphatic heterocycles. The monoisotopic (exact) mass is 348 g/mol. The van der Waals surface area contributed by atoms with Crippen molar-refractivity contribution in [2.75, 3.05) is 10.6 Å². The lowest BCUT2D eigenvalue weighted by atomic mass is 10.0. The molecule has 0 aliphatic rings. The molecule has 0 amide bonds. The Kier molecular flexibility index (Phi) is 5.15. The minimum Gasteiger partial charge on any atom is -0.332 e. The normalized spacial score (nSPS) is 10.4. The minimum atomic E-state index is 0.451. The molecule has 0 atom stereocenters. The molecule has 20 heavy (non-hydrogen) atoms. The Morgan fingerprint density at radius 3 is 2.50 bits per heavy atom. The molecule has 0 saturated heterocycles. The number of benzene rings is 2. The fourth-order valence-electron chi connectivity index (χ4n) is 1.97. The molecule has 0 radical (unpaired) electrons. The number of rotatable bonds is 3. The molecule has 2 rings (SSSR count). The first kappa shape index (κ1) is 15.0. The molecule has 0 bridgehead atoms. The third-order valence-electron chi connectivity index (χ3n) is 2.91. The average molecular weight is 349 g/mol. The molecule has 2 nitrogen and oxygen atoms in total. The summed E-state index contributed by atoms with van der Waals surface area (Å²) in [7, 11) is 0. The predicted octanol–water partition coefficient (Wildman–Crippen LogP) is 5.38. The van der Waals surface area contributed by atoms with E-state index in [-0.39, 0.29) is 0 Å². The highest BCUT2D eigenvalue weighted by molar-refractivity contribution is 9.10. The Labute approximate surface area is 133 Å². The second kappa shape index (κ2) is 6.86. The van der Waals surface area contributed by atoms with E-state index < -0.39 is 0 Å². The van der Waals surface area contributed by atoms with Crippen LogP contribution in [0.2, 0.25) is 0 Å². The van der Waals surface area contributed by atoms with Crippen molar-refractivity contribution in [3.8, 4) is 0 Å². The Bertz CT molecular complexity index is 611. The maximum atomic E-state index is 5.37. The molecule has 0 fully saturated rings. The largest absolute Gasteiger partial charge is 0.332 e. The highest BCUT2D eigenvalue weighted by atomic mass is 79.9. The van der Waals surface area contributed by atoms with Crippen LogP contribution in [0.25, 0.3) is 0 Å². The lowest BCUT2D eigenvalue weighted by molar-refractivity contribution is 0.869. The van der Waals surface area contributed by atoms with E-state index in [4.69, 9.17) is 12.2 Å². The summed E-state index contributed by atoms with van der Waals surface area (Å²) in [4.78, 5) is 0. The van der Waals surface area contributed by atoms with Crippen molar-refractivity contribution in [1.29, 1.82) is 0 Å². The second-order valence-corrected chi connectivity index (χ2v) is 6.16. The van der Waals surface area contributed by atoms with Crippen LogP contribution in [0.3, 0.4) is 0 Å². The van der Waals surface area contributed by atoms with Crippen LogP contribution >= 0.6 is 28.1 Å². The van der Waals surface area contributed by atoms with Gasteiger partial charge in [0.15, 0.2) is 5.11 Å². The zero-order valence-electron chi connectivity index (χ0n) is 11.5. The van der Waals surface area contributed by atoms with Crippen LogP contribution in [0.4, 0.5) is 11.4 Å². The van der Waals surface area contributed by atoms with Gasteiger partial charge in [-0.3, -0.25) is 0 Å². The van der Waals surface area contributed by atoms with Gasteiger partial charge in [-0.1, -0.05) is 54.0 Å². The Morgan fingerprint density at radius 2 is 1.80 bits per heavy atom. The van der Waals surface area contributed by atoms with Crippen molar-refractivity contribution >= 4 is 44.6 Å². The van der Waals surface area contributed by atoms with Crippen LogP contribution in [0, 0.1) is 0 Å². The first-order valence-corrected chi connectivity index (χ1v) is 7.69. The summed E-state index contributed by atoms with van der Waals surface area (Å²) >= 11 is 8.82. The molecular weight excluding hydrogens is 332 g/mol. The van der Waals surface area contributed by atoms with E-state index in [1.54, 1.807) is 0 Å². The smallest absolute Gasteiger partial charge is 0.175 e. The van der Waals surface area contributed by atoms with Crippen LogP contribution in [0.15, 0.2) is 53.0 Å². The average Bonchev–Trinajstić information content (AvgIpc) is 2.38. The number of nitrogens with one attached hydrogen (secondary N) is 2. The van der Waals surface area contributed by atoms with Crippen LogP contribution in [-0.2, 0) is 0 Å². The molecule has 2 aromatic rings. The minimum absolute atomic E-state index is 0.451. The van der Waals surface area contributed by atoms with Crippen LogP contribution in [-0.4, -0.2) is 5.11 Å². The van der Waals surface area contributed by atoms with Gasteiger partial charge in [-0.15, -0.1) is 0 Å². The lowest BCUT2D eigenvalue weighted by Gasteiger charge is -2.16. The van der Waals surface area contributed by atoms with Gasteiger partial charge < -0.3 is 10.6 Å². The summed E-state index contributed by atoms with van der Waals surface area (Å²) in [6, 6.07) is 16.1. The van der Waals surface area contributed by atoms with Crippen LogP contribution < -0.4 is 10.6 Å². The zero-order valence-corrected chi connectivity index (χ0v) is 13.9. The van der Waals surface area contributed by atoms with Gasteiger partial charge in [0.2, 0.25) is 0 Å². The SMILES string of the molecule is CC(C)c1ccccc1NC(=S)Nc1cccc(Br)c1. The van der Waals surface area contributed by atoms with Gasteiger partial charge in [0.05, 0.1) is 0 Å². The van der Waals surface area contributed by atoms with Crippen LogP contribution in [0.5, 0.6) is 0 Å². The molecule has 4 heteroatoms. The summed E-state index contributed by atoms with van der Waals surface area (Å²) in [5.41, 5.74) is 3.26. The van der Waals surface area contributed by atoms with Gasteiger partial charge in [-0.25, -0.2) is 0 Å². The van der Waals surface area contributed by atoms with Crippen LogP contribution in [0.1, 0.15) is 25.3 Å². The van der Waals surface area contributed by atoms with E-state index >= 15 is 0 Å². The van der Waals surface area contributed by atoms with Crippen molar-refractivity contribution < 1.29 is 0 Å². The first-order valence-electron chi connectivity index (χ1n) is 6.49. The summed E-state index contributed by atoms with van der Waals surface area (Å²) in [6.07, 6.45) is 0. The number of hydrogen-bond donors (Lipinski definition) is 2. The fourth-order valence-corrected chi connectivity index (χ4v) is 2.59. The van der Waals surface area contributed by atoms with Crippen molar-refractivity contribution in [2.45, 2.75) is 19.8 Å². The zero-order chi connectivity index (χ0) is 14.5. The van der Waals surface area contributed by atoms with Gasteiger partial charge in [0.1, 0.15) is 0 Å². The molecule has 104 valence electrons. The van der Waals surface area contributed by atoms with E-state index in [2.05, 4.69) is 46.5 Å². The Morgan fingerprint density at radius 1 is 1.05 bits per heavy atom.